The van der Waals surface area contributed by atoms with Crippen LogP contribution in [0.3, 0.4) is 0 Å². The quantitative estimate of drug-likeness (QED) is 0.594. The van der Waals surface area contributed by atoms with Gasteiger partial charge in [-0.1, -0.05) is 35.9 Å². The molecule has 0 aliphatic rings. The van der Waals surface area contributed by atoms with Crippen molar-refractivity contribution in [1.29, 1.82) is 0 Å². The Bertz CT molecular complexity index is 736. The van der Waals surface area contributed by atoms with Crippen LogP contribution in [0.4, 0.5) is 0 Å². The standard InChI is InChI=1S/C21H24O3/c1-15(2)5-12-19-20(22)13-17(14-21(19)24-4)7-6-16-8-10-18(23-3)11-9-16/h5-11,13-14,22H,12H2,1-4H3/b7-6+. The topological polar surface area (TPSA) is 38.7 Å². The van der Waals surface area contributed by atoms with Crippen LogP contribution in [0, 0.1) is 0 Å². The molecule has 0 unspecified atom stereocenters. The molecule has 2 rings (SSSR count). The van der Waals surface area contributed by atoms with E-state index < -0.39 is 0 Å². The van der Waals surface area contributed by atoms with Crippen LogP contribution in [0.25, 0.3) is 12.2 Å². The first-order chi connectivity index (χ1) is 11.5. The molecule has 0 aliphatic heterocycles. The number of ether oxygens (including phenoxy) is 2. The van der Waals surface area contributed by atoms with E-state index in [1.807, 2.05) is 56.3 Å². The van der Waals surface area contributed by atoms with Crippen LogP contribution >= 0.6 is 0 Å². The summed E-state index contributed by atoms with van der Waals surface area (Å²) in [6, 6.07) is 11.5. The van der Waals surface area contributed by atoms with Crippen molar-refractivity contribution in [3.8, 4) is 17.2 Å². The number of aromatic hydroxyl groups is 1. The van der Waals surface area contributed by atoms with E-state index in [9.17, 15) is 5.11 Å². The van der Waals surface area contributed by atoms with Crippen molar-refractivity contribution in [2.45, 2.75) is 20.3 Å². The Morgan fingerprint density at radius 1 is 0.958 bits per heavy atom. The molecule has 0 saturated carbocycles. The monoisotopic (exact) mass is 324 g/mol. The minimum absolute atomic E-state index is 0.251. The third-order valence-corrected chi connectivity index (χ3v) is 3.73. The highest BCUT2D eigenvalue weighted by molar-refractivity contribution is 5.72. The fraction of sp³-hybridized carbons (Fsp3) is 0.238. The van der Waals surface area contributed by atoms with E-state index in [-0.39, 0.29) is 5.75 Å². The summed E-state index contributed by atoms with van der Waals surface area (Å²) in [6.45, 7) is 4.07. The zero-order valence-electron chi connectivity index (χ0n) is 14.7. The van der Waals surface area contributed by atoms with Gasteiger partial charge in [-0.05, 0) is 55.7 Å². The molecular weight excluding hydrogens is 300 g/mol. The fourth-order valence-corrected chi connectivity index (χ4v) is 2.35. The minimum atomic E-state index is 0.251. The molecule has 2 aromatic carbocycles. The van der Waals surface area contributed by atoms with E-state index in [4.69, 9.17) is 9.47 Å². The molecule has 0 radical (unpaired) electrons. The molecular formula is C21H24O3. The number of hydrogen-bond donors (Lipinski definition) is 1. The average Bonchev–Trinajstić information content (AvgIpc) is 2.58. The van der Waals surface area contributed by atoms with Crippen LogP contribution in [-0.4, -0.2) is 19.3 Å². The van der Waals surface area contributed by atoms with E-state index in [2.05, 4.69) is 6.08 Å². The van der Waals surface area contributed by atoms with Crippen LogP contribution in [0.1, 0.15) is 30.5 Å². The van der Waals surface area contributed by atoms with Gasteiger partial charge in [-0.2, -0.15) is 0 Å². The van der Waals surface area contributed by atoms with Crippen LogP contribution in [0.15, 0.2) is 48.0 Å². The van der Waals surface area contributed by atoms with Crippen LogP contribution in [0.5, 0.6) is 17.2 Å². The lowest BCUT2D eigenvalue weighted by Crippen LogP contribution is -1.93. The maximum Gasteiger partial charge on any atom is 0.126 e. The smallest absolute Gasteiger partial charge is 0.126 e. The Kier molecular flexibility index (Phi) is 6.07. The van der Waals surface area contributed by atoms with Gasteiger partial charge in [0, 0.05) is 5.56 Å². The number of hydrogen-bond acceptors (Lipinski definition) is 3. The Morgan fingerprint density at radius 2 is 1.62 bits per heavy atom. The molecule has 1 N–H and O–H groups in total. The van der Waals surface area contributed by atoms with E-state index >= 15 is 0 Å². The molecule has 126 valence electrons. The Hall–Kier alpha value is -2.68. The van der Waals surface area contributed by atoms with E-state index in [1.165, 1.54) is 5.57 Å². The van der Waals surface area contributed by atoms with E-state index in [0.717, 1.165) is 22.4 Å². The molecule has 0 spiro atoms. The molecule has 2 aromatic rings. The van der Waals surface area contributed by atoms with Gasteiger partial charge in [-0.25, -0.2) is 0 Å². The number of phenolic OH excluding ortho intramolecular Hbond substituents is 1. The Labute approximate surface area is 143 Å². The molecule has 0 bridgehead atoms. The minimum Gasteiger partial charge on any atom is -0.507 e. The molecule has 3 nitrogen and oxygen atoms in total. The van der Waals surface area contributed by atoms with Crippen LogP contribution in [-0.2, 0) is 6.42 Å². The number of rotatable bonds is 6. The first-order valence-corrected chi connectivity index (χ1v) is 7.89. The normalized spacial score (nSPS) is 10.7. The third-order valence-electron chi connectivity index (χ3n) is 3.73. The molecule has 0 aliphatic carbocycles. The highest BCUT2D eigenvalue weighted by atomic mass is 16.5. The van der Waals surface area contributed by atoms with E-state index in [0.29, 0.717) is 12.2 Å². The lowest BCUT2D eigenvalue weighted by molar-refractivity contribution is 0.401. The largest absolute Gasteiger partial charge is 0.507 e. The predicted molar refractivity (Wildman–Crippen MR) is 99.7 cm³/mol. The second kappa shape index (κ2) is 8.25. The molecule has 0 fully saturated rings. The van der Waals surface area contributed by atoms with Gasteiger partial charge in [0.1, 0.15) is 17.2 Å². The second-order valence-corrected chi connectivity index (χ2v) is 5.81. The lowest BCUT2D eigenvalue weighted by Gasteiger charge is -2.11. The molecule has 0 atom stereocenters. The molecule has 0 heterocycles. The van der Waals surface area contributed by atoms with Crippen molar-refractivity contribution in [2.75, 3.05) is 14.2 Å². The van der Waals surface area contributed by atoms with Gasteiger partial charge < -0.3 is 14.6 Å². The van der Waals surface area contributed by atoms with Crippen LogP contribution in [0.2, 0.25) is 0 Å². The molecule has 0 saturated heterocycles. The zero-order chi connectivity index (χ0) is 17.5. The van der Waals surface area contributed by atoms with Gasteiger partial charge in [-0.15, -0.1) is 0 Å². The summed E-state index contributed by atoms with van der Waals surface area (Å²) in [5, 5.41) is 10.3. The van der Waals surface area contributed by atoms with E-state index in [1.54, 1.807) is 20.3 Å². The van der Waals surface area contributed by atoms with Gasteiger partial charge in [-0.3, -0.25) is 0 Å². The number of phenols is 1. The highest BCUT2D eigenvalue weighted by Crippen LogP contribution is 2.31. The van der Waals surface area contributed by atoms with Crippen molar-refractivity contribution in [3.63, 3.8) is 0 Å². The summed E-state index contributed by atoms with van der Waals surface area (Å²) in [5.41, 5.74) is 3.96. The summed E-state index contributed by atoms with van der Waals surface area (Å²) < 4.78 is 10.6. The maximum atomic E-state index is 10.3. The molecule has 0 aromatic heterocycles. The van der Waals surface area contributed by atoms with Crippen molar-refractivity contribution in [3.05, 3.63) is 64.7 Å². The Morgan fingerprint density at radius 3 is 2.21 bits per heavy atom. The van der Waals surface area contributed by atoms with Gasteiger partial charge >= 0.3 is 0 Å². The maximum absolute atomic E-state index is 10.3. The van der Waals surface area contributed by atoms with Gasteiger partial charge in [0.25, 0.3) is 0 Å². The number of allylic oxidation sites excluding steroid dienone is 2. The first kappa shape index (κ1) is 17.7. The van der Waals surface area contributed by atoms with Crippen LogP contribution < -0.4 is 9.47 Å². The third kappa shape index (κ3) is 4.66. The number of benzene rings is 2. The summed E-state index contributed by atoms with van der Waals surface area (Å²) >= 11 is 0. The first-order valence-electron chi connectivity index (χ1n) is 7.89. The van der Waals surface area contributed by atoms with Gasteiger partial charge in [0.15, 0.2) is 0 Å². The summed E-state index contributed by atoms with van der Waals surface area (Å²) in [7, 11) is 3.27. The van der Waals surface area contributed by atoms with Gasteiger partial charge in [0.2, 0.25) is 0 Å². The van der Waals surface area contributed by atoms with Crippen molar-refractivity contribution in [1.82, 2.24) is 0 Å². The fourth-order valence-electron chi connectivity index (χ4n) is 2.35. The molecule has 24 heavy (non-hydrogen) atoms. The van der Waals surface area contributed by atoms with Crippen molar-refractivity contribution >= 4 is 12.2 Å². The SMILES string of the molecule is COc1ccc(/C=C/c2cc(O)c(CC=C(C)C)c(OC)c2)cc1. The summed E-state index contributed by atoms with van der Waals surface area (Å²) in [4.78, 5) is 0. The molecule has 0 amide bonds. The predicted octanol–water partition coefficient (Wildman–Crippen LogP) is 5.09. The van der Waals surface area contributed by atoms with Crippen molar-refractivity contribution in [2.24, 2.45) is 0 Å². The van der Waals surface area contributed by atoms with Gasteiger partial charge in [0.05, 0.1) is 14.2 Å². The summed E-state index contributed by atoms with van der Waals surface area (Å²) in [5.74, 6) is 1.78. The summed E-state index contributed by atoms with van der Waals surface area (Å²) in [6.07, 6.45) is 6.67. The average molecular weight is 324 g/mol. The molecule has 3 heteroatoms. The lowest BCUT2D eigenvalue weighted by atomic mass is 10.0. The highest BCUT2D eigenvalue weighted by Gasteiger charge is 2.09. The van der Waals surface area contributed by atoms with Crippen molar-refractivity contribution < 1.29 is 14.6 Å². The Balaban J connectivity index is 2.25. The second-order valence-electron chi connectivity index (χ2n) is 5.81. The number of methoxy groups -OCH3 is 2. The zero-order valence-corrected chi connectivity index (χ0v) is 14.7.